The smallest absolute Gasteiger partial charge is 0.256 e. The number of nitrogens with one attached hydrogen (secondary N) is 1. The van der Waals surface area contributed by atoms with Gasteiger partial charge in [-0.05, 0) is 68.2 Å². The van der Waals surface area contributed by atoms with Crippen LogP contribution in [-0.4, -0.2) is 55.8 Å². The molecule has 0 spiro atoms. The van der Waals surface area contributed by atoms with E-state index >= 15 is 0 Å². The highest BCUT2D eigenvalue weighted by atomic mass is 35.5. The average Bonchev–Trinajstić information content (AvgIpc) is 3.57. The van der Waals surface area contributed by atoms with Gasteiger partial charge in [-0.3, -0.25) is 9.59 Å². The van der Waals surface area contributed by atoms with Crippen LogP contribution in [0, 0.1) is 0 Å². The van der Waals surface area contributed by atoms with Crippen LogP contribution < -0.4 is 29.7 Å². The second-order valence-corrected chi connectivity index (χ2v) is 11.0. The molecule has 3 aromatic carbocycles. The van der Waals surface area contributed by atoms with Gasteiger partial charge >= 0.3 is 0 Å². The number of methoxy groups -OCH3 is 2. The van der Waals surface area contributed by atoms with Crippen LogP contribution in [0.25, 0.3) is 10.9 Å². The number of nitrogens with zero attached hydrogens (tertiary/aromatic N) is 2. The summed E-state index contributed by atoms with van der Waals surface area (Å²) in [6.07, 6.45) is 3.94. The topological polar surface area (TPSA) is 91.3 Å². The van der Waals surface area contributed by atoms with Crippen LogP contribution >= 0.6 is 11.6 Å². The van der Waals surface area contributed by atoms with Gasteiger partial charge in [-0.1, -0.05) is 35.9 Å². The van der Waals surface area contributed by atoms with E-state index in [9.17, 15) is 9.59 Å². The summed E-state index contributed by atoms with van der Waals surface area (Å²) in [7, 11) is 3.23. The predicted molar refractivity (Wildman–Crippen MR) is 172 cm³/mol. The number of fused-ring (bicyclic) bond motifs is 1. The first-order valence-electron chi connectivity index (χ1n) is 14.8. The highest BCUT2D eigenvalue weighted by Gasteiger charge is 2.23. The number of carbonyl (C=O) groups is 1. The predicted octanol–water partition coefficient (Wildman–Crippen LogP) is 5.68. The molecule has 5 rings (SSSR count). The fourth-order valence-corrected chi connectivity index (χ4v) is 5.64. The van der Waals surface area contributed by atoms with Crippen molar-refractivity contribution in [1.82, 2.24) is 14.8 Å². The van der Waals surface area contributed by atoms with Gasteiger partial charge in [0, 0.05) is 31.9 Å². The van der Waals surface area contributed by atoms with Gasteiger partial charge in [0.05, 0.1) is 30.1 Å². The number of benzene rings is 3. The number of aromatic nitrogens is 1. The van der Waals surface area contributed by atoms with Crippen molar-refractivity contribution in [2.24, 2.45) is 0 Å². The Morgan fingerprint density at radius 1 is 0.909 bits per heavy atom. The Labute approximate surface area is 262 Å². The Bertz CT molecular complexity index is 1650. The number of amides is 1. The Morgan fingerprint density at radius 2 is 1.50 bits per heavy atom. The van der Waals surface area contributed by atoms with E-state index in [0.29, 0.717) is 24.4 Å². The van der Waals surface area contributed by atoms with E-state index in [1.807, 2.05) is 60.0 Å². The van der Waals surface area contributed by atoms with Gasteiger partial charge in [0.2, 0.25) is 5.43 Å². The Balaban J connectivity index is 1.49. The number of aryl methyl sites for hydroxylation is 1. The maximum Gasteiger partial charge on any atom is 0.256 e. The summed E-state index contributed by atoms with van der Waals surface area (Å²) in [6.45, 7) is 6.14. The molecule has 1 amide bonds. The zero-order valence-corrected chi connectivity index (χ0v) is 26.1. The van der Waals surface area contributed by atoms with Crippen molar-refractivity contribution in [3.8, 4) is 23.0 Å². The van der Waals surface area contributed by atoms with Gasteiger partial charge in [-0.25, -0.2) is 0 Å². The molecule has 0 radical (unpaired) electrons. The van der Waals surface area contributed by atoms with E-state index in [2.05, 4.69) is 10.2 Å². The molecule has 10 heteroatoms. The zero-order chi connectivity index (χ0) is 31.1. The molecule has 1 aromatic heterocycles. The van der Waals surface area contributed by atoms with Gasteiger partial charge in [0.1, 0.15) is 30.3 Å². The molecule has 0 atom stereocenters. The number of hydrogen-bond acceptors (Lipinski definition) is 7. The minimum atomic E-state index is -0.454. The number of carbonyl (C=O) groups excluding carboxylic acids is 1. The van der Waals surface area contributed by atoms with Crippen molar-refractivity contribution in [2.75, 3.05) is 40.4 Å². The SMILES string of the molecule is CCn1cc(C(=O)NCCN2CCCC2)c(=O)c2c(Cl)c(OCc3ccc(OC)cc3)c(OCc3ccc(OC)cc3)cc21. The summed E-state index contributed by atoms with van der Waals surface area (Å²) >= 11 is 6.99. The minimum absolute atomic E-state index is 0.0377. The van der Waals surface area contributed by atoms with Crippen molar-refractivity contribution in [3.63, 3.8) is 0 Å². The normalized spacial score (nSPS) is 13.2. The quantitative estimate of drug-likeness (QED) is 0.206. The molecular formula is C34H38ClN3O6. The van der Waals surface area contributed by atoms with Crippen LogP contribution in [0.3, 0.4) is 0 Å². The molecule has 9 nitrogen and oxygen atoms in total. The lowest BCUT2D eigenvalue weighted by atomic mass is 10.1. The van der Waals surface area contributed by atoms with Crippen molar-refractivity contribution >= 4 is 28.4 Å². The fraction of sp³-hybridized carbons (Fsp3) is 0.353. The number of likely N-dealkylation sites (tertiary alicyclic amines) is 1. The summed E-state index contributed by atoms with van der Waals surface area (Å²) in [6, 6.07) is 16.8. The number of pyridine rings is 1. The Kier molecular flexibility index (Phi) is 10.3. The third-order valence-corrected chi connectivity index (χ3v) is 8.19. The molecule has 0 aliphatic carbocycles. The number of halogens is 1. The van der Waals surface area contributed by atoms with Gasteiger partial charge < -0.3 is 33.7 Å². The molecular weight excluding hydrogens is 582 g/mol. The minimum Gasteiger partial charge on any atom is -0.497 e. The molecule has 0 unspecified atom stereocenters. The second-order valence-electron chi connectivity index (χ2n) is 10.6. The van der Waals surface area contributed by atoms with Gasteiger partial charge in [0.15, 0.2) is 11.5 Å². The van der Waals surface area contributed by atoms with Gasteiger partial charge in [-0.2, -0.15) is 0 Å². The summed E-state index contributed by atoms with van der Waals surface area (Å²) < 4.78 is 24.9. The van der Waals surface area contributed by atoms with E-state index in [1.165, 1.54) is 12.8 Å². The van der Waals surface area contributed by atoms with Crippen LogP contribution in [0.5, 0.6) is 23.0 Å². The molecule has 1 fully saturated rings. The maximum absolute atomic E-state index is 13.8. The summed E-state index contributed by atoms with van der Waals surface area (Å²) in [5, 5.41) is 3.23. The molecule has 0 bridgehead atoms. The third kappa shape index (κ3) is 7.11. The molecule has 1 aliphatic rings. The molecule has 1 saturated heterocycles. The first kappa shape index (κ1) is 31.2. The van der Waals surface area contributed by atoms with Crippen molar-refractivity contribution < 1.29 is 23.7 Å². The molecule has 44 heavy (non-hydrogen) atoms. The van der Waals surface area contributed by atoms with Crippen LogP contribution in [-0.2, 0) is 19.8 Å². The maximum atomic E-state index is 13.8. The average molecular weight is 620 g/mol. The van der Waals surface area contributed by atoms with Crippen molar-refractivity contribution in [2.45, 2.75) is 39.5 Å². The highest BCUT2D eigenvalue weighted by Crippen LogP contribution is 2.41. The highest BCUT2D eigenvalue weighted by molar-refractivity contribution is 6.37. The van der Waals surface area contributed by atoms with Crippen molar-refractivity contribution in [1.29, 1.82) is 0 Å². The molecule has 1 N–H and O–H groups in total. The second kappa shape index (κ2) is 14.5. The third-order valence-electron chi connectivity index (χ3n) is 7.83. The summed E-state index contributed by atoms with van der Waals surface area (Å²) in [5.41, 5.74) is 1.93. The molecule has 4 aromatic rings. The largest absolute Gasteiger partial charge is 0.497 e. The Hall–Kier alpha value is -4.21. The molecule has 1 aliphatic heterocycles. The number of hydrogen-bond donors (Lipinski definition) is 1. The lowest BCUT2D eigenvalue weighted by molar-refractivity contribution is 0.0948. The van der Waals surface area contributed by atoms with E-state index in [-0.39, 0.29) is 34.9 Å². The number of rotatable bonds is 13. The lowest BCUT2D eigenvalue weighted by Crippen LogP contribution is -2.36. The first-order chi connectivity index (χ1) is 21.4. The lowest BCUT2D eigenvalue weighted by Gasteiger charge is -2.19. The van der Waals surface area contributed by atoms with Crippen LogP contribution in [0.15, 0.2) is 65.6 Å². The first-order valence-corrected chi connectivity index (χ1v) is 15.2. The standard InChI is InChI=1S/C34H38ClN3O6/c1-4-38-20-27(34(40)36-15-18-37-16-5-6-17-37)32(39)30-28(38)19-29(43-21-23-7-11-25(41-2)12-8-23)33(31(30)35)44-22-24-9-13-26(42-3)14-10-24/h7-14,19-20H,4-6,15-18,21-22H2,1-3H3,(H,36,40). The van der Waals surface area contributed by atoms with Crippen molar-refractivity contribution in [3.05, 3.63) is 92.7 Å². The van der Waals surface area contributed by atoms with Gasteiger partial charge in [0.25, 0.3) is 5.91 Å². The van der Waals surface area contributed by atoms with E-state index in [1.54, 1.807) is 26.5 Å². The number of ether oxygens (including phenoxy) is 4. The van der Waals surface area contributed by atoms with Crippen LogP contribution in [0.1, 0.15) is 41.3 Å². The van der Waals surface area contributed by atoms with Crippen LogP contribution in [0.2, 0.25) is 5.02 Å². The van der Waals surface area contributed by atoms with E-state index in [4.69, 9.17) is 30.5 Å². The molecule has 232 valence electrons. The Morgan fingerprint density at radius 3 is 2.07 bits per heavy atom. The van der Waals surface area contributed by atoms with Crippen LogP contribution in [0.4, 0.5) is 0 Å². The van der Waals surface area contributed by atoms with Gasteiger partial charge in [-0.15, -0.1) is 0 Å². The summed E-state index contributed by atoms with van der Waals surface area (Å²) in [5.74, 6) is 1.67. The van der Waals surface area contributed by atoms with E-state index < -0.39 is 11.3 Å². The molecule has 2 heterocycles. The zero-order valence-electron chi connectivity index (χ0n) is 25.4. The monoisotopic (exact) mass is 619 g/mol. The van der Waals surface area contributed by atoms with E-state index in [0.717, 1.165) is 42.3 Å². The fourth-order valence-electron chi connectivity index (χ4n) is 5.31. The summed E-state index contributed by atoms with van der Waals surface area (Å²) in [4.78, 5) is 29.4. The molecule has 0 saturated carbocycles.